The molecule has 0 atom stereocenters. The Kier molecular flexibility index (Phi) is 2.68. The molecule has 7 nitrogen and oxygen atoms in total. The number of benzene rings is 1. The Bertz CT molecular complexity index is 1420. The van der Waals surface area contributed by atoms with E-state index in [-0.39, 0.29) is 17.9 Å². The van der Waals surface area contributed by atoms with Crippen molar-refractivity contribution in [3.8, 4) is 11.5 Å². The van der Waals surface area contributed by atoms with Crippen molar-refractivity contribution in [3.63, 3.8) is 0 Å². The molecule has 0 spiro atoms. The highest BCUT2D eigenvalue weighted by atomic mass is 16.6. The van der Waals surface area contributed by atoms with E-state index in [0.29, 0.717) is 46.5 Å². The standard InChI is InChI=1S/C20H12N2O5/c23-18-6-10-4-15-19-12(8-22(15)20(24)13(10)9-27-18)3-11-5-16-17(7-14(11)21-19)26-2-1-25-16/h3-5,7-9H,1-2,6H2. The van der Waals surface area contributed by atoms with Gasteiger partial charge in [-0.1, -0.05) is 0 Å². The van der Waals surface area contributed by atoms with Gasteiger partial charge in [0.2, 0.25) is 0 Å². The molecule has 27 heavy (non-hydrogen) atoms. The van der Waals surface area contributed by atoms with Crippen LogP contribution in [0.3, 0.4) is 0 Å². The lowest BCUT2D eigenvalue weighted by Crippen LogP contribution is -2.37. The highest BCUT2D eigenvalue weighted by Gasteiger charge is 2.19. The fourth-order valence-corrected chi connectivity index (χ4v) is 3.76. The number of esters is 1. The molecule has 2 aliphatic heterocycles. The normalized spacial score (nSPS) is 15.6. The molecule has 0 N–H and O–H groups in total. The van der Waals surface area contributed by atoms with Crippen LogP contribution in [0.15, 0.2) is 35.3 Å². The van der Waals surface area contributed by atoms with Crippen molar-refractivity contribution in [2.45, 2.75) is 6.42 Å². The van der Waals surface area contributed by atoms with E-state index in [9.17, 15) is 9.59 Å². The number of hydrogen-bond donors (Lipinski definition) is 0. The summed E-state index contributed by atoms with van der Waals surface area (Å²) in [5.41, 5.74) is 2.58. The third-order valence-electron chi connectivity index (χ3n) is 5.03. The Labute approximate surface area is 151 Å². The van der Waals surface area contributed by atoms with Crippen LogP contribution in [-0.4, -0.2) is 28.6 Å². The van der Waals surface area contributed by atoms with Gasteiger partial charge in [-0.3, -0.25) is 14.0 Å². The largest absolute Gasteiger partial charge is 0.486 e. The Balaban J connectivity index is 1.71. The van der Waals surface area contributed by atoms with Crippen molar-refractivity contribution in [2.75, 3.05) is 13.2 Å². The van der Waals surface area contributed by atoms with E-state index in [0.717, 1.165) is 16.3 Å². The van der Waals surface area contributed by atoms with Gasteiger partial charge < -0.3 is 14.2 Å². The first kappa shape index (κ1) is 14.5. The molecular weight excluding hydrogens is 348 g/mol. The Morgan fingerprint density at radius 3 is 2.63 bits per heavy atom. The second-order valence-electron chi connectivity index (χ2n) is 6.67. The maximum absolute atomic E-state index is 12.8. The van der Waals surface area contributed by atoms with Gasteiger partial charge in [0.05, 0.1) is 28.2 Å². The van der Waals surface area contributed by atoms with Crippen LogP contribution < -0.4 is 20.3 Å². The van der Waals surface area contributed by atoms with Crippen molar-refractivity contribution >= 4 is 39.6 Å². The Morgan fingerprint density at radius 1 is 0.963 bits per heavy atom. The highest BCUT2D eigenvalue weighted by Crippen LogP contribution is 2.35. The minimum Gasteiger partial charge on any atom is -0.486 e. The maximum atomic E-state index is 12.8. The molecule has 0 radical (unpaired) electrons. The molecule has 0 saturated carbocycles. The van der Waals surface area contributed by atoms with Crippen LogP contribution in [0.5, 0.6) is 11.5 Å². The van der Waals surface area contributed by atoms with Gasteiger partial charge in [0.1, 0.15) is 19.5 Å². The zero-order chi connectivity index (χ0) is 18.1. The van der Waals surface area contributed by atoms with Crippen LogP contribution in [0.4, 0.5) is 0 Å². The molecule has 0 unspecified atom stereocenters. The number of rotatable bonds is 0. The molecule has 0 fully saturated rings. The molecule has 0 bridgehead atoms. The van der Waals surface area contributed by atoms with E-state index in [1.165, 1.54) is 6.26 Å². The number of carbonyl (C=O) groups excluding carboxylic acids is 1. The number of nitrogens with zero attached hydrogens (tertiary/aromatic N) is 2. The summed E-state index contributed by atoms with van der Waals surface area (Å²) >= 11 is 0. The Hall–Kier alpha value is -3.61. The fraction of sp³-hybridized carbons (Fsp3) is 0.150. The van der Waals surface area contributed by atoms with Crippen LogP contribution in [0.1, 0.15) is 5.56 Å². The summed E-state index contributed by atoms with van der Waals surface area (Å²) in [6.45, 7) is 1.03. The van der Waals surface area contributed by atoms with Crippen molar-refractivity contribution in [1.29, 1.82) is 0 Å². The van der Waals surface area contributed by atoms with Crippen molar-refractivity contribution in [2.24, 2.45) is 0 Å². The van der Waals surface area contributed by atoms with Crippen LogP contribution in [0.25, 0.3) is 33.6 Å². The molecule has 6 rings (SSSR count). The first-order chi connectivity index (χ1) is 13.2. The van der Waals surface area contributed by atoms with Gasteiger partial charge in [-0.05, 0) is 23.8 Å². The third-order valence-corrected chi connectivity index (χ3v) is 5.03. The number of cyclic esters (lactones) is 1. The smallest absolute Gasteiger partial charge is 0.315 e. The number of pyridine rings is 2. The van der Waals surface area contributed by atoms with Gasteiger partial charge in [-0.15, -0.1) is 0 Å². The van der Waals surface area contributed by atoms with Crippen molar-refractivity contribution in [3.05, 3.63) is 51.6 Å². The minimum absolute atomic E-state index is 0.0799. The molecule has 0 amide bonds. The van der Waals surface area contributed by atoms with Crippen molar-refractivity contribution < 1.29 is 19.0 Å². The number of ether oxygens (including phenoxy) is 3. The maximum Gasteiger partial charge on any atom is 0.315 e. The molecular formula is C20H12N2O5. The second-order valence-corrected chi connectivity index (χ2v) is 6.67. The first-order valence-electron chi connectivity index (χ1n) is 8.58. The molecule has 1 aromatic carbocycles. The van der Waals surface area contributed by atoms with Crippen LogP contribution in [0, 0.1) is 0 Å². The van der Waals surface area contributed by atoms with E-state index >= 15 is 0 Å². The van der Waals surface area contributed by atoms with Crippen molar-refractivity contribution in [1.82, 2.24) is 9.38 Å². The SMILES string of the molecule is O=C1Cc2cc3c4nc5cc6c(cc5cc4cn3c(=O)c2=CO1)OCCO6. The van der Waals surface area contributed by atoms with Gasteiger partial charge in [-0.2, -0.15) is 0 Å². The molecule has 4 aromatic rings. The molecule has 0 saturated heterocycles. The van der Waals surface area contributed by atoms with E-state index in [1.54, 1.807) is 10.6 Å². The second kappa shape index (κ2) is 4.97. The topological polar surface area (TPSA) is 79.1 Å². The summed E-state index contributed by atoms with van der Waals surface area (Å²) in [5, 5.41) is 2.15. The molecule has 5 heterocycles. The van der Waals surface area contributed by atoms with E-state index in [1.807, 2.05) is 24.3 Å². The van der Waals surface area contributed by atoms with E-state index < -0.39 is 0 Å². The van der Waals surface area contributed by atoms with Gasteiger partial charge in [0.25, 0.3) is 5.56 Å². The minimum atomic E-state index is -0.371. The van der Waals surface area contributed by atoms with Crippen LogP contribution in [0.2, 0.25) is 0 Å². The van der Waals surface area contributed by atoms with Gasteiger partial charge in [0, 0.05) is 23.0 Å². The summed E-state index contributed by atoms with van der Waals surface area (Å²) in [5.74, 6) is 0.997. The molecule has 132 valence electrons. The molecule has 0 aliphatic carbocycles. The quantitative estimate of drug-likeness (QED) is 0.440. The summed E-state index contributed by atoms with van der Waals surface area (Å²) in [4.78, 5) is 29.2. The van der Waals surface area contributed by atoms with Gasteiger partial charge in [0.15, 0.2) is 11.5 Å². The lowest BCUT2D eigenvalue weighted by atomic mass is 10.1. The molecule has 2 aliphatic rings. The number of hydrogen-bond acceptors (Lipinski definition) is 6. The average molecular weight is 360 g/mol. The number of fused-ring (bicyclic) bond motifs is 6. The summed E-state index contributed by atoms with van der Waals surface area (Å²) in [7, 11) is 0. The summed E-state index contributed by atoms with van der Waals surface area (Å²) < 4.78 is 17.7. The van der Waals surface area contributed by atoms with Crippen LogP contribution in [-0.2, 0) is 16.0 Å². The zero-order valence-electron chi connectivity index (χ0n) is 14.0. The lowest BCUT2D eigenvalue weighted by Gasteiger charge is -2.18. The lowest BCUT2D eigenvalue weighted by molar-refractivity contribution is -0.135. The number of aromatic nitrogens is 2. The monoisotopic (exact) mass is 360 g/mol. The van der Waals surface area contributed by atoms with Crippen LogP contribution >= 0.6 is 0 Å². The highest BCUT2D eigenvalue weighted by molar-refractivity contribution is 6.01. The van der Waals surface area contributed by atoms with Gasteiger partial charge >= 0.3 is 5.97 Å². The summed E-state index contributed by atoms with van der Waals surface area (Å²) in [6, 6.07) is 7.58. The third kappa shape index (κ3) is 1.99. The predicted octanol–water partition coefficient (Wildman–Crippen LogP) is 1.33. The Morgan fingerprint density at radius 2 is 1.78 bits per heavy atom. The first-order valence-corrected chi connectivity index (χ1v) is 8.58. The fourth-order valence-electron chi connectivity index (χ4n) is 3.76. The number of carbonyl (C=O) groups is 1. The van der Waals surface area contributed by atoms with Gasteiger partial charge in [-0.25, -0.2) is 4.98 Å². The molecule has 3 aromatic heterocycles. The zero-order valence-corrected chi connectivity index (χ0v) is 14.0. The predicted molar refractivity (Wildman–Crippen MR) is 96.9 cm³/mol. The average Bonchev–Trinajstić information content (AvgIpc) is 3.02. The molecule has 7 heteroatoms. The van der Waals surface area contributed by atoms with E-state index in [2.05, 4.69) is 0 Å². The van der Waals surface area contributed by atoms with E-state index in [4.69, 9.17) is 19.2 Å². The summed E-state index contributed by atoms with van der Waals surface area (Å²) in [6.07, 6.45) is 3.08.